The predicted molar refractivity (Wildman–Crippen MR) is 56.2 cm³/mol. The largest absolute Gasteiger partial charge is 0.481 e. The third kappa shape index (κ3) is 3.45. The molecule has 0 radical (unpaired) electrons. The Morgan fingerprint density at radius 3 is 2.80 bits per heavy atom. The lowest BCUT2D eigenvalue weighted by molar-refractivity contribution is -0.135. The van der Waals surface area contributed by atoms with Gasteiger partial charge in [-0.05, 0) is 24.1 Å². The number of carboxylic acids is 1. The number of hydrogen-bond donors (Lipinski definition) is 2. The topological polar surface area (TPSA) is 57.5 Å². The molecular formula is C12H12O3. The van der Waals surface area contributed by atoms with Crippen LogP contribution < -0.4 is 0 Å². The molecule has 0 bridgehead atoms. The van der Waals surface area contributed by atoms with Crippen molar-refractivity contribution >= 4 is 5.97 Å². The summed E-state index contributed by atoms with van der Waals surface area (Å²) in [6.45, 7) is 1.86. The number of aliphatic carboxylic acids is 1. The average molecular weight is 204 g/mol. The molecule has 3 heteroatoms. The van der Waals surface area contributed by atoms with Gasteiger partial charge in [-0.25, -0.2) is 0 Å². The first-order valence-electron chi connectivity index (χ1n) is 4.54. The van der Waals surface area contributed by atoms with E-state index in [1.165, 1.54) is 0 Å². The number of hydrogen-bond acceptors (Lipinski definition) is 2. The zero-order valence-corrected chi connectivity index (χ0v) is 8.45. The first kappa shape index (κ1) is 11.3. The van der Waals surface area contributed by atoms with Crippen LogP contribution in [0.4, 0.5) is 0 Å². The fourth-order valence-electron chi connectivity index (χ4n) is 1.12. The summed E-state index contributed by atoms with van der Waals surface area (Å²) in [7, 11) is 0. The van der Waals surface area contributed by atoms with Gasteiger partial charge in [0.2, 0.25) is 0 Å². The summed E-state index contributed by atoms with van der Waals surface area (Å²) < 4.78 is 0. The zero-order chi connectivity index (χ0) is 11.3. The molecule has 0 aliphatic rings. The maximum atomic E-state index is 10.3. The van der Waals surface area contributed by atoms with Crippen LogP contribution in [-0.2, 0) is 11.4 Å². The zero-order valence-electron chi connectivity index (χ0n) is 8.45. The summed E-state index contributed by atoms with van der Waals surface area (Å²) >= 11 is 0. The van der Waals surface area contributed by atoms with Gasteiger partial charge in [0.15, 0.2) is 0 Å². The SMILES string of the molecule is Cc1ccc(CO)cc1C#CCC(=O)O. The molecular weight excluding hydrogens is 192 g/mol. The molecule has 2 N–H and O–H groups in total. The molecule has 15 heavy (non-hydrogen) atoms. The Hall–Kier alpha value is -1.79. The first-order chi connectivity index (χ1) is 7.13. The van der Waals surface area contributed by atoms with Gasteiger partial charge in [-0.2, -0.15) is 0 Å². The van der Waals surface area contributed by atoms with Crippen LogP contribution in [-0.4, -0.2) is 16.2 Å². The van der Waals surface area contributed by atoms with Crippen molar-refractivity contribution in [2.75, 3.05) is 0 Å². The second-order valence-electron chi connectivity index (χ2n) is 3.18. The second kappa shape index (κ2) is 5.18. The average Bonchev–Trinajstić information content (AvgIpc) is 2.20. The van der Waals surface area contributed by atoms with E-state index in [2.05, 4.69) is 11.8 Å². The monoisotopic (exact) mass is 204 g/mol. The van der Waals surface area contributed by atoms with E-state index in [9.17, 15) is 4.79 Å². The van der Waals surface area contributed by atoms with E-state index in [1.54, 1.807) is 6.07 Å². The highest BCUT2D eigenvalue weighted by Crippen LogP contribution is 2.09. The molecule has 0 amide bonds. The van der Waals surface area contributed by atoms with Crippen LogP contribution in [0.5, 0.6) is 0 Å². The number of benzene rings is 1. The molecule has 0 saturated carbocycles. The fraction of sp³-hybridized carbons (Fsp3) is 0.250. The molecule has 3 nitrogen and oxygen atoms in total. The Kier molecular flexibility index (Phi) is 3.90. The maximum Gasteiger partial charge on any atom is 0.315 e. The quantitative estimate of drug-likeness (QED) is 0.714. The van der Waals surface area contributed by atoms with Crippen molar-refractivity contribution in [2.24, 2.45) is 0 Å². The molecule has 0 spiro atoms. The molecule has 0 heterocycles. The van der Waals surface area contributed by atoms with Crippen LogP contribution in [0.3, 0.4) is 0 Å². The van der Waals surface area contributed by atoms with Crippen LogP contribution in [0.15, 0.2) is 18.2 Å². The van der Waals surface area contributed by atoms with E-state index in [4.69, 9.17) is 10.2 Å². The minimum atomic E-state index is -0.932. The normalized spacial score (nSPS) is 9.20. The lowest BCUT2D eigenvalue weighted by atomic mass is 10.1. The van der Waals surface area contributed by atoms with Crippen LogP contribution in [0.2, 0.25) is 0 Å². The van der Waals surface area contributed by atoms with Gasteiger partial charge in [0.05, 0.1) is 6.61 Å². The Bertz CT molecular complexity index is 424. The lowest BCUT2D eigenvalue weighted by Gasteiger charge is -2.00. The van der Waals surface area contributed by atoms with Crippen molar-refractivity contribution in [1.29, 1.82) is 0 Å². The second-order valence-corrected chi connectivity index (χ2v) is 3.18. The summed E-state index contributed by atoms with van der Waals surface area (Å²) in [4.78, 5) is 10.3. The molecule has 0 atom stereocenters. The Balaban J connectivity index is 2.91. The Morgan fingerprint density at radius 1 is 1.47 bits per heavy atom. The fourth-order valence-corrected chi connectivity index (χ4v) is 1.12. The molecule has 0 unspecified atom stereocenters. The number of carbonyl (C=O) groups is 1. The highest BCUT2D eigenvalue weighted by atomic mass is 16.4. The minimum absolute atomic E-state index is 0.0338. The smallest absolute Gasteiger partial charge is 0.315 e. The highest BCUT2D eigenvalue weighted by molar-refractivity contribution is 5.70. The molecule has 1 aromatic carbocycles. The van der Waals surface area contributed by atoms with Crippen molar-refractivity contribution in [1.82, 2.24) is 0 Å². The van der Waals surface area contributed by atoms with E-state index in [0.717, 1.165) is 16.7 Å². The highest BCUT2D eigenvalue weighted by Gasteiger charge is 1.97. The van der Waals surface area contributed by atoms with Crippen LogP contribution in [0.1, 0.15) is 23.1 Å². The number of aliphatic hydroxyl groups is 1. The summed E-state index contributed by atoms with van der Waals surface area (Å²) in [5, 5.41) is 17.3. The van der Waals surface area contributed by atoms with Crippen molar-refractivity contribution in [3.63, 3.8) is 0 Å². The van der Waals surface area contributed by atoms with Crippen molar-refractivity contribution in [2.45, 2.75) is 20.0 Å². The maximum absolute atomic E-state index is 10.3. The molecule has 0 aliphatic carbocycles. The number of carboxylic acid groups (broad SMARTS) is 1. The molecule has 78 valence electrons. The van der Waals surface area contributed by atoms with Crippen molar-refractivity contribution in [3.05, 3.63) is 34.9 Å². The van der Waals surface area contributed by atoms with Crippen molar-refractivity contribution in [3.8, 4) is 11.8 Å². The predicted octanol–water partition coefficient (Wildman–Crippen LogP) is 1.31. The van der Waals surface area contributed by atoms with Gasteiger partial charge in [0, 0.05) is 5.56 Å². The molecule has 1 aromatic rings. The Morgan fingerprint density at radius 2 is 2.20 bits per heavy atom. The summed E-state index contributed by atoms with van der Waals surface area (Å²) in [5.41, 5.74) is 2.52. The van der Waals surface area contributed by atoms with Gasteiger partial charge in [-0.3, -0.25) is 4.79 Å². The van der Waals surface area contributed by atoms with E-state index >= 15 is 0 Å². The molecule has 0 aliphatic heterocycles. The third-order valence-corrected chi connectivity index (χ3v) is 1.95. The van der Waals surface area contributed by atoms with Gasteiger partial charge in [0.1, 0.15) is 6.42 Å². The van der Waals surface area contributed by atoms with E-state index in [1.807, 2.05) is 19.1 Å². The minimum Gasteiger partial charge on any atom is -0.481 e. The lowest BCUT2D eigenvalue weighted by Crippen LogP contribution is -1.91. The van der Waals surface area contributed by atoms with E-state index < -0.39 is 5.97 Å². The van der Waals surface area contributed by atoms with Crippen molar-refractivity contribution < 1.29 is 15.0 Å². The molecule has 0 fully saturated rings. The summed E-state index contributed by atoms with van der Waals surface area (Å²) in [5.74, 6) is 4.41. The number of aryl methyl sites for hydroxylation is 1. The van der Waals surface area contributed by atoms with Gasteiger partial charge in [0.25, 0.3) is 0 Å². The van der Waals surface area contributed by atoms with Gasteiger partial charge in [-0.15, -0.1) is 0 Å². The number of aliphatic hydroxyl groups excluding tert-OH is 1. The van der Waals surface area contributed by atoms with Gasteiger partial charge in [-0.1, -0.05) is 24.0 Å². The standard InChI is InChI=1S/C12H12O3/c1-9-5-6-10(8-13)7-11(9)3-2-4-12(14)15/h5-7,13H,4,8H2,1H3,(H,14,15). The van der Waals surface area contributed by atoms with E-state index in [-0.39, 0.29) is 13.0 Å². The Labute approximate surface area is 88.4 Å². The van der Waals surface area contributed by atoms with Gasteiger partial charge < -0.3 is 10.2 Å². The molecule has 0 saturated heterocycles. The third-order valence-electron chi connectivity index (χ3n) is 1.95. The first-order valence-corrected chi connectivity index (χ1v) is 4.54. The summed E-state index contributed by atoms with van der Waals surface area (Å²) in [6, 6.07) is 5.44. The summed E-state index contributed by atoms with van der Waals surface area (Å²) in [6.07, 6.45) is -0.164. The van der Waals surface area contributed by atoms with E-state index in [0.29, 0.717) is 0 Å². The van der Waals surface area contributed by atoms with Gasteiger partial charge >= 0.3 is 5.97 Å². The van der Waals surface area contributed by atoms with Crippen LogP contribution >= 0.6 is 0 Å². The number of rotatable bonds is 2. The molecule has 0 aromatic heterocycles. The van der Waals surface area contributed by atoms with Crippen LogP contribution in [0, 0.1) is 18.8 Å². The van der Waals surface area contributed by atoms with Crippen LogP contribution in [0.25, 0.3) is 0 Å². The molecule has 1 rings (SSSR count).